The number of hydrogen-bond acceptors (Lipinski definition) is 5. The number of nitrogens with zero attached hydrogens (tertiary/aromatic N) is 1. The number of rotatable bonds is 5. The Kier molecular flexibility index (Phi) is 6.05. The number of carbonyl (C=O) groups is 1. The van der Waals surface area contributed by atoms with E-state index in [0.29, 0.717) is 25.5 Å². The van der Waals surface area contributed by atoms with Gasteiger partial charge in [0.15, 0.2) is 18.0 Å². The highest BCUT2D eigenvalue weighted by molar-refractivity contribution is 5.91. The van der Waals surface area contributed by atoms with Gasteiger partial charge >= 0.3 is 0 Å². The first-order valence-corrected chi connectivity index (χ1v) is 10.1. The Morgan fingerprint density at radius 1 is 1.07 bits per heavy atom. The Labute approximate surface area is 171 Å². The van der Waals surface area contributed by atoms with Crippen LogP contribution in [0, 0.1) is 0 Å². The second-order valence-electron chi connectivity index (χ2n) is 7.37. The topological polar surface area (TPSA) is 64.5 Å². The Morgan fingerprint density at radius 3 is 2.52 bits per heavy atom. The summed E-state index contributed by atoms with van der Waals surface area (Å²) in [4.78, 5) is 16.2. The minimum absolute atomic E-state index is 0.0207. The number of quaternary nitrogens is 1. The third-order valence-corrected chi connectivity index (χ3v) is 5.35. The van der Waals surface area contributed by atoms with Gasteiger partial charge in [-0.25, -0.2) is 0 Å². The molecule has 0 bridgehead atoms. The number of amides is 1. The van der Waals surface area contributed by atoms with Crippen LogP contribution in [0.3, 0.4) is 0 Å². The van der Waals surface area contributed by atoms with Crippen molar-refractivity contribution in [2.45, 2.75) is 6.42 Å². The SMILES string of the molecule is COc1ccc(N2CC[NH+](CC(=O)Nc3ccc4c(c3)OCCCO4)CC2)cc1. The number of anilines is 2. The molecule has 0 aromatic heterocycles. The largest absolute Gasteiger partial charge is 0.497 e. The Balaban J connectivity index is 1.27. The molecule has 1 amide bonds. The minimum Gasteiger partial charge on any atom is -0.497 e. The van der Waals surface area contributed by atoms with E-state index in [1.165, 1.54) is 10.6 Å². The van der Waals surface area contributed by atoms with Crippen molar-refractivity contribution >= 4 is 17.3 Å². The summed E-state index contributed by atoms with van der Waals surface area (Å²) in [5.74, 6) is 2.32. The van der Waals surface area contributed by atoms with Crippen molar-refractivity contribution in [3.05, 3.63) is 42.5 Å². The molecule has 0 aliphatic carbocycles. The third kappa shape index (κ3) is 4.92. The number of methoxy groups -OCH3 is 1. The molecule has 2 heterocycles. The number of ether oxygens (including phenoxy) is 3. The van der Waals surface area contributed by atoms with Gasteiger partial charge in [-0.05, 0) is 36.4 Å². The van der Waals surface area contributed by atoms with Crippen molar-refractivity contribution < 1.29 is 23.9 Å². The zero-order valence-corrected chi connectivity index (χ0v) is 16.8. The van der Waals surface area contributed by atoms with Crippen LogP contribution in [0.5, 0.6) is 17.2 Å². The smallest absolute Gasteiger partial charge is 0.279 e. The van der Waals surface area contributed by atoms with E-state index in [1.54, 1.807) is 7.11 Å². The van der Waals surface area contributed by atoms with E-state index in [1.807, 2.05) is 30.3 Å². The molecule has 7 heteroatoms. The van der Waals surface area contributed by atoms with Gasteiger partial charge in [0.25, 0.3) is 5.91 Å². The Bertz CT molecular complexity index is 832. The van der Waals surface area contributed by atoms with E-state index < -0.39 is 0 Å². The van der Waals surface area contributed by atoms with Crippen LogP contribution in [0.2, 0.25) is 0 Å². The zero-order valence-electron chi connectivity index (χ0n) is 16.8. The molecule has 2 aromatic carbocycles. The maximum absolute atomic E-state index is 12.5. The van der Waals surface area contributed by atoms with Gasteiger partial charge in [0, 0.05) is 23.9 Å². The van der Waals surface area contributed by atoms with Crippen molar-refractivity contribution in [1.82, 2.24) is 0 Å². The molecule has 2 aliphatic heterocycles. The lowest BCUT2D eigenvalue weighted by atomic mass is 10.2. The third-order valence-electron chi connectivity index (χ3n) is 5.35. The van der Waals surface area contributed by atoms with Gasteiger partial charge in [-0.2, -0.15) is 0 Å². The van der Waals surface area contributed by atoms with E-state index >= 15 is 0 Å². The van der Waals surface area contributed by atoms with Gasteiger partial charge in [0.2, 0.25) is 0 Å². The monoisotopic (exact) mass is 398 g/mol. The first-order valence-electron chi connectivity index (χ1n) is 10.1. The minimum atomic E-state index is 0.0207. The molecule has 2 N–H and O–H groups in total. The van der Waals surface area contributed by atoms with Gasteiger partial charge in [0.05, 0.1) is 46.5 Å². The summed E-state index contributed by atoms with van der Waals surface area (Å²) in [6.07, 6.45) is 0.863. The molecule has 0 unspecified atom stereocenters. The fourth-order valence-corrected chi connectivity index (χ4v) is 3.72. The highest BCUT2D eigenvalue weighted by Gasteiger charge is 2.22. The van der Waals surface area contributed by atoms with Gasteiger partial charge in [-0.3, -0.25) is 4.79 Å². The summed E-state index contributed by atoms with van der Waals surface area (Å²) in [7, 11) is 1.68. The molecule has 7 nitrogen and oxygen atoms in total. The van der Waals surface area contributed by atoms with Gasteiger partial charge in [0.1, 0.15) is 5.75 Å². The Morgan fingerprint density at radius 2 is 1.79 bits per heavy atom. The van der Waals surface area contributed by atoms with Crippen LogP contribution in [0.15, 0.2) is 42.5 Å². The molecule has 4 rings (SSSR count). The second-order valence-corrected chi connectivity index (χ2v) is 7.37. The predicted octanol–water partition coefficient (Wildman–Crippen LogP) is 1.20. The number of benzene rings is 2. The average molecular weight is 398 g/mol. The fraction of sp³-hybridized carbons (Fsp3) is 0.409. The molecule has 0 saturated carbocycles. The Hall–Kier alpha value is -2.93. The van der Waals surface area contributed by atoms with Crippen molar-refractivity contribution in [3.63, 3.8) is 0 Å². The summed E-state index contributed by atoms with van der Waals surface area (Å²) in [6, 6.07) is 13.7. The standard InChI is InChI=1S/C22H27N3O4/c1-27-19-6-4-18(5-7-19)25-11-9-24(10-12-25)16-22(26)23-17-3-8-20-21(15-17)29-14-2-13-28-20/h3-8,15H,2,9-14,16H2,1H3,(H,23,26)/p+1. The number of piperazine rings is 1. The lowest BCUT2D eigenvalue weighted by molar-refractivity contribution is -0.892. The normalized spacial score (nSPS) is 16.8. The summed E-state index contributed by atoms with van der Waals surface area (Å²) >= 11 is 0. The molecule has 1 saturated heterocycles. The van der Waals surface area contributed by atoms with E-state index in [-0.39, 0.29) is 5.91 Å². The van der Waals surface area contributed by atoms with Crippen LogP contribution in [0.1, 0.15) is 6.42 Å². The molecule has 2 aromatic rings. The summed E-state index contributed by atoms with van der Waals surface area (Å²) < 4.78 is 16.6. The molecule has 2 aliphatic rings. The van der Waals surface area contributed by atoms with Crippen LogP contribution in [-0.4, -0.2) is 59.0 Å². The molecule has 29 heavy (non-hydrogen) atoms. The molecule has 0 atom stereocenters. The second kappa shape index (κ2) is 9.05. The van der Waals surface area contributed by atoms with Crippen LogP contribution in [0.4, 0.5) is 11.4 Å². The van der Waals surface area contributed by atoms with Crippen LogP contribution in [-0.2, 0) is 4.79 Å². The van der Waals surface area contributed by atoms with Gasteiger partial charge < -0.3 is 29.3 Å². The maximum atomic E-state index is 12.5. The molecule has 0 spiro atoms. The molecule has 1 fully saturated rings. The van der Waals surface area contributed by atoms with Gasteiger partial charge in [-0.15, -0.1) is 0 Å². The first-order chi connectivity index (χ1) is 14.2. The number of fused-ring (bicyclic) bond motifs is 1. The number of carbonyl (C=O) groups excluding carboxylic acids is 1. The lowest BCUT2D eigenvalue weighted by Crippen LogP contribution is -3.15. The molecule has 0 radical (unpaired) electrons. The highest BCUT2D eigenvalue weighted by Crippen LogP contribution is 2.32. The quantitative estimate of drug-likeness (QED) is 0.793. The van der Waals surface area contributed by atoms with E-state index in [4.69, 9.17) is 14.2 Å². The first kappa shape index (κ1) is 19.4. The van der Waals surface area contributed by atoms with E-state index in [2.05, 4.69) is 22.3 Å². The van der Waals surface area contributed by atoms with Crippen molar-refractivity contribution in [1.29, 1.82) is 0 Å². The van der Waals surface area contributed by atoms with Crippen molar-refractivity contribution in [3.8, 4) is 17.2 Å². The maximum Gasteiger partial charge on any atom is 0.279 e. The number of hydrogen-bond donors (Lipinski definition) is 2. The zero-order chi connectivity index (χ0) is 20.1. The van der Waals surface area contributed by atoms with Crippen molar-refractivity contribution in [2.24, 2.45) is 0 Å². The lowest BCUT2D eigenvalue weighted by Gasteiger charge is -2.33. The summed E-state index contributed by atoms with van der Waals surface area (Å²) in [6.45, 7) is 5.47. The fourth-order valence-electron chi connectivity index (χ4n) is 3.72. The highest BCUT2D eigenvalue weighted by atomic mass is 16.5. The molecule has 154 valence electrons. The summed E-state index contributed by atoms with van der Waals surface area (Å²) in [5, 5.41) is 2.99. The van der Waals surface area contributed by atoms with Crippen molar-refractivity contribution in [2.75, 3.05) is 63.3 Å². The van der Waals surface area contributed by atoms with E-state index in [0.717, 1.165) is 49.8 Å². The predicted molar refractivity (Wildman–Crippen MR) is 111 cm³/mol. The molecular weight excluding hydrogens is 370 g/mol. The summed E-state index contributed by atoms with van der Waals surface area (Å²) in [5.41, 5.74) is 1.94. The van der Waals surface area contributed by atoms with Crippen LogP contribution in [0.25, 0.3) is 0 Å². The number of nitrogens with one attached hydrogen (secondary N) is 2. The van der Waals surface area contributed by atoms with Crippen LogP contribution < -0.4 is 29.3 Å². The van der Waals surface area contributed by atoms with E-state index in [9.17, 15) is 4.79 Å². The van der Waals surface area contributed by atoms with Crippen LogP contribution >= 0.6 is 0 Å². The van der Waals surface area contributed by atoms with Gasteiger partial charge in [-0.1, -0.05) is 0 Å². The average Bonchev–Trinajstić information content (AvgIpc) is 2.99. The molecular formula is C22H28N3O4+.